The van der Waals surface area contributed by atoms with Gasteiger partial charge in [-0.1, -0.05) is 17.7 Å². The number of hydrogen-bond donors (Lipinski definition) is 1. The minimum Gasteiger partial charge on any atom is -0.486 e. The smallest absolute Gasteiger partial charge is 0.266 e. The van der Waals surface area contributed by atoms with Crippen LogP contribution in [-0.2, 0) is 11.4 Å². The molecule has 1 N–H and O–H groups in total. The number of nitrogens with zero attached hydrogens (tertiary/aromatic N) is 2. The molecule has 0 unspecified atom stereocenters. The van der Waals surface area contributed by atoms with Crippen molar-refractivity contribution >= 4 is 40.4 Å². The van der Waals surface area contributed by atoms with Gasteiger partial charge in [-0.2, -0.15) is 0 Å². The van der Waals surface area contributed by atoms with Crippen LogP contribution in [0.2, 0.25) is 5.02 Å². The quantitative estimate of drug-likeness (QED) is 0.484. The molecule has 6 nitrogen and oxygen atoms in total. The van der Waals surface area contributed by atoms with E-state index in [4.69, 9.17) is 16.3 Å². The average Bonchev–Trinajstić information content (AvgIpc) is 3.14. The second kappa shape index (κ2) is 10.6. The van der Waals surface area contributed by atoms with Gasteiger partial charge in [-0.05, 0) is 62.7 Å². The second-order valence-electron chi connectivity index (χ2n) is 7.09. The molecule has 0 saturated heterocycles. The third kappa shape index (κ3) is 6.05. The molecular formula is C23H23ClFN3O3S. The number of aromatic nitrogens is 1. The summed E-state index contributed by atoms with van der Waals surface area (Å²) in [4.78, 5) is 31.9. The van der Waals surface area contributed by atoms with Gasteiger partial charge in [0.1, 0.15) is 34.6 Å². The van der Waals surface area contributed by atoms with Gasteiger partial charge >= 0.3 is 0 Å². The van der Waals surface area contributed by atoms with Crippen molar-refractivity contribution < 1.29 is 18.7 Å². The van der Waals surface area contributed by atoms with Crippen LogP contribution in [0.3, 0.4) is 0 Å². The average molecular weight is 476 g/mol. The molecular weight excluding hydrogens is 453 g/mol. The van der Waals surface area contributed by atoms with Crippen LogP contribution >= 0.6 is 22.9 Å². The first kappa shape index (κ1) is 23.7. The van der Waals surface area contributed by atoms with E-state index in [0.29, 0.717) is 38.6 Å². The Bertz CT molecular complexity index is 1120. The summed E-state index contributed by atoms with van der Waals surface area (Å²) in [6.45, 7) is 5.84. The van der Waals surface area contributed by atoms with E-state index in [1.165, 1.54) is 40.5 Å². The van der Waals surface area contributed by atoms with Crippen LogP contribution in [0, 0.1) is 19.7 Å². The summed E-state index contributed by atoms with van der Waals surface area (Å²) in [5, 5.41) is 3.94. The number of amides is 2. The number of carbonyl (C=O) groups excluding carboxylic acids is 2. The molecule has 0 atom stereocenters. The fraction of sp³-hybridized carbons (Fsp3) is 0.261. The van der Waals surface area contributed by atoms with Crippen LogP contribution < -0.4 is 10.1 Å². The number of thiazole rings is 1. The molecule has 0 aliphatic heterocycles. The van der Waals surface area contributed by atoms with Gasteiger partial charge in [-0.15, -0.1) is 11.3 Å². The van der Waals surface area contributed by atoms with E-state index in [1.54, 1.807) is 19.1 Å². The van der Waals surface area contributed by atoms with E-state index in [1.807, 2.05) is 19.9 Å². The van der Waals surface area contributed by atoms with Crippen LogP contribution in [0.25, 0.3) is 0 Å². The van der Waals surface area contributed by atoms with Gasteiger partial charge in [0.2, 0.25) is 5.91 Å². The number of anilines is 1. The number of benzene rings is 2. The van der Waals surface area contributed by atoms with Gasteiger partial charge in [0, 0.05) is 17.3 Å². The molecule has 9 heteroatoms. The molecule has 0 saturated carbocycles. The summed E-state index contributed by atoms with van der Waals surface area (Å²) in [5.41, 5.74) is 2.06. The fourth-order valence-corrected chi connectivity index (χ4v) is 4.07. The van der Waals surface area contributed by atoms with Crippen molar-refractivity contribution in [2.75, 3.05) is 18.4 Å². The van der Waals surface area contributed by atoms with E-state index in [-0.39, 0.29) is 30.8 Å². The standard InChI is InChI=1S/C23H23ClFN3O3S/c1-4-28(12-20(29)27-19-11-16(24)6-5-14(19)2)23(30)22-15(3)26-21(32-22)13-31-18-9-7-17(25)8-10-18/h5-11H,4,12-13H2,1-3H3,(H,27,29). The molecule has 168 valence electrons. The van der Waals surface area contributed by atoms with Gasteiger partial charge in [0.15, 0.2) is 0 Å². The molecule has 1 aromatic heterocycles. The molecule has 3 aromatic rings. The first-order valence-corrected chi connectivity index (χ1v) is 11.2. The first-order chi connectivity index (χ1) is 15.3. The molecule has 0 bridgehead atoms. The highest BCUT2D eigenvalue weighted by molar-refractivity contribution is 7.13. The maximum atomic E-state index is 13.0. The predicted molar refractivity (Wildman–Crippen MR) is 124 cm³/mol. The lowest BCUT2D eigenvalue weighted by atomic mass is 10.2. The molecule has 0 aliphatic carbocycles. The minimum atomic E-state index is -0.343. The zero-order valence-electron chi connectivity index (χ0n) is 17.9. The van der Waals surface area contributed by atoms with E-state index in [9.17, 15) is 14.0 Å². The lowest BCUT2D eigenvalue weighted by molar-refractivity contribution is -0.116. The Morgan fingerprint density at radius 1 is 1.19 bits per heavy atom. The third-order valence-corrected chi connectivity index (χ3v) is 6.04. The molecule has 0 aliphatic rings. The van der Waals surface area contributed by atoms with Crippen LogP contribution in [0.4, 0.5) is 10.1 Å². The van der Waals surface area contributed by atoms with Crippen molar-refractivity contribution in [3.8, 4) is 5.75 Å². The molecule has 0 radical (unpaired) electrons. The van der Waals surface area contributed by atoms with Crippen molar-refractivity contribution in [1.82, 2.24) is 9.88 Å². The number of nitrogens with one attached hydrogen (secondary N) is 1. The van der Waals surface area contributed by atoms with Crippen molar-refractivity contribution in [3.05, 3.63) is 74.4 Å². The Labute approximate surface area is 195 Å². The van der Waals surface area contributed by atoms with Gasteiger partial charge < -0.3 is 15.0 Å². The monoisotopic (exact) mass is 475 g/mol. The number of carbonyl (C=O) groups is 2. The number of halogens is 2. The summed E-state index contributed by atoms with van der Waals surface area (Å²) < 4.78 is 18.6. The Kier molecular flexibility index (Phi) is 7.82. The maximum Gasteiger partial charge on any atom is 0.266 e. The molecule has 0 fully saturated rings. The van der Waals surface area contributed by atoms with E-state index >= 15 is 0 Å². The first-order valence-electron chi connectivity index (χ1n) is 9.96. The number of hydrogen-bond acceptors (Lipinski definition) is 5. The van der Waals surface area contributed by atoms with Crippen LogP contribution in [0.1, 0.15) is 32.9 Å². The fourth-order valence-electron chi connectivity index (χ4n) is 2.95. The van der Waals surface area contributed by atoms with Crippen LogP contribution in [0.5, 0.6) is 5.75 Å². The summed E-state index contributed by atoms with van der Waals surface area (Å²) in [7, 11) is 0. The van der Waals surface area contributed by atoms with Gasteiger partial charge in [0.05, 0.1) is 5.69 Å². The summed E-state index contributed by atoms with van der Waals surface area (Å²) in [6.07, 6.45) is 0. The van der Waals surface area contributed by atoms with E-state index < -0.39 is 0 Å². The topological polar surface area (TPSA) is 71.5 Å². The normalized spacial score (nSPS) is 10.7. The SMILES string of the molecule is CCN(CC(=O)Nc1cc(Cl)ccc1C)C(=O)c1sc(COc2ccc(F)cc2)nc1C. The number of rotatable bonds is 8. The third-order valence-electron chi connectivity index (χ3n) is 4.69. The highest BCUT2D eigenvalue weighted by atomic mass is 35.5. The highest BCUT2D eigenvalue weighted by Crippen LogP contribution is 2.23. The Morgan fingerprint density at radius 2 is 1.91 bits per heavy atom. The summed E-state index contributed by atoms with van der Waals surface area (Å²) >= 11 is 7.23. The maximum absolute atomic E-state index is 13.0. The lowest BCUT2D eigenvalue weighted by Crippen LogP contribution is -2.37. The van der Waals surface area contributed by atoms with Crippen LogP contribution in [0.15, 0.2) is 42.5 Å². The number of ether oxygens (including phenoxy) is 1. The summed E-state index contributed by atoms with van der Waals surface area (Å²) in [5.74, 6) is -0.416. The second-order valence-corrected chi connectivity index (χ2v) is 8.61. The van der Waals surface area contributed by atoms with Crippen LogP contribution in [-0.4, -0.2) is 34.8 Å². The summed E-state index contributed by atoms with van der Waals surface area (Å²) in [6, 6.07) is 10.9. The van der Waals surface area contributed by atoms with Gasteiger partial charge in [-0.3, -0.25) is 9.59 Å². The Morgan fingerprint density at radius 3 is 2.59 bits per heavy atom. The molecule has 1 heterocycles. The minimum absolute atomic E-state index is 0.0972. The molecule has 0 spiro atoms. The highest BCUT2D eigenvalue weighted by Gasteiger charge is 2.23. The number of aryl methyl sites for hydroxylation is 2. The van der Waals surface area contributed by atoms with E-state index in [0.717, 1.165) is 5.56 Å². The number of likely N-dealkylation sites (N-methyl/N-ethyl adjacent to an activating group) is 1. The van der Waals surface area contributed by atoms with Crippen molar-refractivity contribution in [3.63, 3.8) is 0 Å². The van der Waals surface area contributed by atoms with Gasteiger partial charge in [-0.25, -0.2) is 9.37 Å². The lowest BCUT2D eigenvalue weighted by Gasteiger charge is -2.20. The van der Waals surface area contributed by atoms with Gasteiger partial charge in [0.25, 0.3) is 5.91 Å². The molecule has 3 rings (SSSR count). The molecule has 2 amide bonds. The molecule has 32 heavy (non-hydrogen) atoms. The van der Waals surface area contributed by atoms with E-state index in [2.05, 4.69) is 10.3 Å². The predicted octanol–water partition coefficient (Wildman–Crippen LogP) is 5.23. The van der Waals surface area contributed by atoms with Crippen molar-refractivity contribution in [1.29, 1.82) is 0 Å². The largest absolute Gasteiger partial charge is 0.486 e. The zero-order valence-corrected chi connectivity index (χ0v) is 19.5. The Hall–Kier alpha value is -2.97. The molecule has 2 aromatic carbocycles. The van der Waals surface area contributed by atoms with Crippen molar-refractivity contribution in [2.45, 2.75) is 27.4 Å². The zero-order chi connectivity index (χ0) is 23.3. The Balaban J connectivity index is 1.64. The van der Waals surface area contributed by atoms with Crippen molar-refractivity contribution in [2.24, 2.45) is 0 Å².